The Balaban J connectivity index is 1.62. The maximum atomic E-state index is 12.9. The molecule has 2 heteroatoms. The lowest BCUT2D eigenvalue weighted by Crippen LogP contribution is -2.40. The van der Waals surface area contributed by atoms with E-state index >= 15 is 0 Å². The Labute approximate surface area is 187 Å². The lowest BCUT2D eigenvalue weighted by Gasteiger charge is -2.43. The zero-order chi connectivity index (χ0) is 21.7. The Hall–Kier alpha value is -3.65. The SMILES string of the molecule is CCCC(=O)OC12C=Cc3c(ccc4ccccc34)C1C=Cc1c2ccc2ccccc12. The molecule has 0 aliphatic heterocycles. The molecule has 0 fully saturated rings. The van der Waals surface area contributed by atoms with Gasteiger partial charge < -0.3 is 4.74 Å². The average molecular weight is 417 g/mol. The van der Waals surface area contributed by atoms with Crippen LogP contribution in [0.2, 0.25) is 0 Å². The van der Waals surface area contributed by atoms with Gasteiger partial charge in [-0.3, -0.25) is 4.79 Å². The molecule has 156 valence electrons. The molecule has 2 aliphatic carbocycles. The molecule has 2 unspecified atom stereocenters. The number of carbonyl (C=O) groups excluding carboxylic acids is 1. The number of esters is 1. The summed E-state index contributed by atoms with van der Waals surface area (Å²) in [5, 5.41) is 4.82. The van der Waals surface area contributed by atoms with Crippen molar-refractivity contribution in [3.63, 3.8) is 0 Å². The first kappa shape index (κ1) is 19.1. The van der Waals surface area contributed by atoms with Crippen LogP contribution in [0.5, 0.6) is 0 Å². The highest BCUT2D eigenvalue weighted by Gasteiger charge is 2.47. The van der Waals surface area contributed by atoms with Gasteiger partial charge in [0.25, 0.3) is 0 Å². The molecule has 2 aliphatic rings. The number of carbonyl (C=O) groups is 1. The molecule has 32 heavy (non-hydrogen) atoms. The minimum Gasteiger partial charge on any atom is -0.449 e. The fourth-order valence-corrected chi connectivity index (χ4v) is 5.42. The zero-order valence-electron chi connectivity index (χ0n) is 18.0. The molecule has 0 aromatic heterocycles. The predicted octanol–water partition coefficient (Wildman–Crippen LogP) is 7.37. The Kier molecular flexibility index (Phi) is 4.29. The van der Waals surface area contributed by atoms with E-state index in [1.165, 1.54) is 32.7 Å². The van der Waals surface area contributed by atoms with Crippen LogP contribution < -0.4 is 0 Å². The summed E-state index contributed by atoms with van der Waals surface area (Å²) >= 11 is 0. The summed E-state index contributed by atoms with van der Waals surface area (Å²) in [7, 11) is 0. The van der Waals surface area contributed by atoms with Crippen LogP contribution in [0, 0.1) is 0 Å². The van der Waals surface area contributed by atoms with Crippen molar-refractivity contribution in [2.24, 2.45) is 0 Å². The van der Waals surface area contributed by atoms with Crippen LogP contribution in [0.25, 0.3) is 33.7 Å². The Morgan fingerprint density at radius 3 is 2.28 bits per heavy atom. The van der Waals surface area contributed by atoms with Gasteiger partial charge in [0, 0.05) is 12.0 Å². The standard InChI is InChI=1S/C30H24O2/c1-2-7-29(31)32-30-19-18-24-22-10-5-3-8-20(22)12-14-26(24)28(30)17-15-25-23-11-6-4-9-21(23)13-16-27(25)30/h3-6,8-19,28H,2,7H2,1H3. The number of rotatable bonds is 3. The van der Waals surface area contributed by atoms with E-state index < -0.39 is 5.60 Å². The summed E-state index contributed by atoms with van der Waals surface area (Å²) in [6, 6.07) is 25.5. The summed E-state index contributed by atoms with van der Waals surface area (Å²) in [6.07, 6.45) is 9.91. The van der Waals surface area contributed by atoms with Crippen LogP contribution in [-0.2, 0) is 15.1 Å². The number of ether oxygens (including phenoxy) is 1. The second kappa shape index (κ2) is 7.20. The maximum absolute atomic E-state index is 12.9. The van der Waals surface area contributed by atoms with Crippen molar-refractivity contribution < 1.29 is 9.53 Å². The fourth-order valence-electron chi connectivity index (χ4n) is 5.42. The Morgan fingerprint density at radius 2 is 1.53 bits per heavy atom. The van der Waals surface area contributed by atoms with Crippen LogP contribution in [0.1, 0.15) is 47.9 Å². The topological polar surface area (TPSA) is 26.3 Å². The molecule has 2 nitrogen and oxygen atoms in total. The van der Waals surface area contributed by atoms with Crippen molar-refractivity contribution in [3.8, 4) is 0 Å². The number of hydrogen-bond donors (Lipinski definition) is 0. The van der Waals surface area contributed by atoms with Crippen molar-refractivity contribution in [1.82, 2.24) is 0 Å². The highest BCUT2D eigenvalue weighted by atomic mass is 16.6. The van der Waals surface area contributed by atoms with Crippen molar-refractivity contribution in [3.05, 3.63) is 107 Å². The molecule has 4 aromatic rings. The van der Waals surface area contributed by atoms with E-state index in [2.05, 4.69) is 97.1 Å². The monoisotopic (exact) mass is 416 g/mol. The molecular weight excluding hydrogens is 392 g/mol. The fraction of sp³-hybridized carbons (Fsp3) is 0.167. The highest BCUT2D eigenvalue weighted by Crippen LogP contribution is 2.53. The molecule has 0 amide bonds. The van der Waals surface area contributed by atoms with Gasteiger partial charge in [0.05, 0.1) is 5.92 Å². The van der Waals surface area contributed by atoms with Crippen molar-refractivity contribution in [2.75, 3.05) is 0 Å². The average Bonchev–Trinajstić information content (AvgIpc) is 2.83. The Morgan fingerprint density at radius 1 is 0.844 bits per heavy atom. The number of fused-ring (bicyclic) bond motifs is 9. The minimum atomic E-state index is -0.837. The molecule has 0 saturated heterocycles. The zero-order valence-corrected chi connectivity index (χ0v) is 18.0. The van der Waals surface area contributed by atoms with Gasteiger partial charge in [0.15, 0.2) is 5.60 Å². The molecular formula is C30H24O2. The van der Waals surface area contributed by atoms with Crippen molar-refractivity contribution in [2.45, 2.75) is 31.3 Å². The van der Waals surface area contributed by atoms with Crippen LogP contribution >= 0.6 is 0 Å². The first-order chi connectivity index (χ1) is 15.7. The maximum Gasteiger partial charge on any atom is 0.307 e. The number of benzene rings is 4. The minimum absolute atomic E-state index is 0.0680. The van der Waals surface area contributed by atoms with Gasteiger partial charge in [0.1, 0.15) is 0 Å². The molecule has 0 heterocycles. The molecule has 4 aromatic carbocycles. The van der Waals surface area contributed by atoms with E-state index in [1.54, 1.807) is 0 Å². The second-order valence-electron chi connectivity index (χ2n) is 8.72. The first-order valence-corrected chi connectivity index (χ1v) is 11.3. The quantitative estimate of drug-likeness (QED) is 0.326. The smallest absolute Gasteiger partial charge is 0.307 e. The van der Waals surface area contributed by atoms with Crippen molar-refractivity contribution >= 4 is 39.7 Å². The van der Waals surface area contributed by atoms with E-state index in [4.69, 9.17) is 4.74 Å². The van der Waals surface area contributed by atoms with E-state index in [0.29, 0.717) is 6.42 Å². The molecule has 0 radical (unpaired) electrons. The largest absolute Gasteiger partial charge is 0.449 e. The van der Waals surface area contributed by atoms with Crippen LogP contribution in [-0.4, -0.2) is 5.97 Å². The lowest BCUT2D eigenvalue weighted by molar-refractivity contribution is -0.157. The lowest BCUT2D eigenvalue weighted by atomic mass is 9.67. The van der Waals surface area contributed by atoms with Crippen molar-refractivity contribution in [1.29, 1.82) is 0 Å². The summed E-state index contributed by atoms with van der Waals surface area (Å²) in [4.78, 5) is 12.9. The third-order valence-corrected chi connectivity index (χ3v) is 6.88. The van der Waals surface area contributed by atoms with Crippen LogP contribution in [0.15, 0.2) is 84.9 Å². The normalized spacial score (nSPS) is 20.6. The van der Waals surface area contributed by atoms with Gasteiger partial charge >= 0.3 is 5.97 Å². The summed E-state index contributed by atoms with van der Waals surface area (Å²) in [5.74, 6) is -0.220. The summed E-state index contributed by atoms with van der Waals surface area (Å²) < 4.78 is 6.39. The summed E-state index contributed by atoms with van der Waals surface area (Å²) in [5.41, 5.74) is 3.77. The third-order valence-electron chi connectivity index (χ3n) is 6.88. The van der Waals surface area contributed by atoms with E-state index in [0.717, 1.165) is 17.5 Å². The molecule has 0 N–H and O–H groups in total. The van der Waals surface area contributed by atoms with Crippen LogP contribution in [0.3, 0.4) is 0 Å². The van der Waals surface area contributed by atoms with E-state index in [1.807, 2.05) is 6.92 Å². The van der Waals surface area contributed by atoms with Gasteiger partial charge in [-0.05, 0) is 50.7 Å². The second-order valence-corrected chi connectivity index (χ2v) is 8.72. The molecule has 0 saturated carbocycles. The molecule has 0 spiro atoms. The molecule has 2 atom stereocenters. The Bertz CT molecular complexity index is 1440. The number of hydrogen-bond acceptors (Lipinski definition) is 2. The van der Waals surface area contributed by atoms with E-state index in [-0.39, 0.29) is 11.9 Å². The van der Waals surface area contributed by atoms with Gasteiger partial charge in [-0.15, -0.1) is 0 Å². The first-order valence-electron chi connectivity index (χ1n) is 11.3. The van der Waals surface area contributed by atoms with Gasteiger partial charge in [-0.1, -0.05) is 97.9 Å². The predicted molar refractivity (Wildman–Crippen MR) is 131 cm³/mol. The summed E-state index contributed by atoms with van der Waals surface area (Å²) in [6.45, 7) is 2.01. The van der Waals surface area contributed by atoms with E-state index in [9.17, 15) is 4.79 Å². The van der Waals surface area contributed by atoms with Crippen LogP contribution in [0.4, 0.5) is 0 Å². The van der Waals surface area contributed by atoms with Gasteiger partial charge in [0.2, 0.25) is 0 Å². The highest BCUT2D eigenvalue weighted by molar-refractivity contribution is 5.96. The van der Waals surface area contributed by atoms with Gasteiger partial charge in [-0.2, -0.15) is 0 Å². The van der Waals surface area contributed by atoms with Gasteiger partial charge in [-0.25, -0.2) is 0 Å². The third kappa shape index (κ3) is 2.69. The molecule has 0 bridgehead atoms. The molecule has 6 rings (SSSR count).